The van der Waals surface area contributed by atoms with Gasteiger partial charge in [0.2, 0.25) is 11.8 Å². The molecule has 1 aromatic rings. The quantitative estimate of drug-likeness (QED) is 0.914. The van der Waals surface area contributed by atoms with E-state index in [-0.39, 0.29) is 29.7 Å². The molecule has 2 fully saturated rings. The zero-order valence-electron chi connectivity index (χ0n) is 14.1. The molecule has 2 aliphatic rings. The second-order valence-corrected chi connectivity index (χ2v) is 6.90. The van der Waals surface area contributed by atoms with Crippen molar-refractivity contribution in [1.29, 1.82) is 0 Å². The van der Waals surface area contributed by atoms with Gasteiger partial charge in [-0.15, -0.1) is 0 Å². The molecule has 2 aliphatic heterocycles. The summed E-state index contributed by atoms with van der Waals surface area (Å²) in [4.78, 5) is 32.3. The Kier molecular flexibility index (Phi) is 4.37. The Morgan fingerprint density at radius 3 is 2.61 bits per heavy atom. The van der Waals surface area contributed by atoms with Gasteiger partial charge in [-0.25, -0.2) is 4.98 Å². The van der Waals surface area contributed by atoms with Crippen LogP contribution in [0.4, 0.5) is 0 Å². The molecule has 0 aromatic carbocycles. The van der Waals surface area contributed by atoms with Crippen LogP contribution in [-0.2, 0) is 9.59 Å². The first-order valence-corrected chi connectivity index (χ1v) is 8.45. The van der Waals surface area contributed by atoms with Gasteiger partial charge in [-0.3, -0.25) is 14.7 Å². The summed E-state index contributed by atoms with van der Waals surface area (Å²) in [5, 5.41) is 7.30. The van der Waals surface area contributed by atoms with Crippen molar-refractivity contribution in [3.05, 3.63) is 11.6 Å². The van der Waals surface area contributed by atoms with Gasteiger partial charge in [0.15, 0.2) is 5.82 Å². The Morgan fingerprint density at radius 1 is 1.26 bits per heavy atom. The molecule has 0 aliphatic carbocycles. The van der Waals surface area contributed by atoms with E-state index in [1.54, 1.807) is 11.8 Å². The first kappa shape index (κ1) is 16.0. The third kappa shape index (κ3) is 3.09. The van der Waals surface area contributed by atoms with Crippen LogP contribution < -0.4 is 0 Å². The SMILES string of the molecule is CC(=O)N1CC(C(=O)N2CCCC[C@@H]2c2nc(C(C)C)n[nH]2)C1. The van der Waals surface area contributed by atoms with E-state index >= 15 is 0 Å². The maximum Gasteiger partial charge on any atom is 0.229 e. The molecule has 7 nitrogen and oxygen atoms in total. The minimum Gasteiger partial charge on any atom is -0.341 e. The van der Waals surface area contributed by atoms with E-state index < -0.39 is 0 Å². The van der Waals surface area contributed by atoms with Crippen molar-refractivity contribution < 1.29 is 9.59 Å². The first-order valence-electron chi connectivity index (χ1n) is 8.45. The predicted octanol–water partition coefficient (Wildman–Crippen LogP) is 1.46. The van der Waals surface area contributed by atoms with Gasteiger partial charge in [-0.1, -0.05) is 13.8 Å². The molecule has 0 radical (unpaired) electrons. The van der Waals surface area contributed by atoms with Gasteiger partial charge < -0.3 is 9.80 Å². The lowest BCUT2D eigenvalue weighted by Gasteiger charge is -2.43. The van der Waals surface area contributed by atoms with Crippen LogP contribution in [0.3, 0.4) is 0 Å². The molecular formula is C16H25N5O2. The lowest BCUT2D eigenvalue weighted by Crippen LogP contribution is -2.56. The van der Waals surface area contributed by atoms with E-state index in [1.165, 1.54) is 0 Å². The van der Waals surface area contributed by atoms with E-state index in [2.05, 4.69) is 29.0 Å². The number of nitrogens with zero attached hydrogens (tertiary/aromatic N) is 4. The zero-order valence-corrected chi connectivity index (χ0v) is 14.1. The van der Waals surface area contributed by atoms with E-state index in [1.807, 2.05) is 4.90 Å². The van der Waals surface area contributed by atoms with Crippen LogP contribution >= 0.6 is 0 Å². The summed E-state index contributed by atoms with van der Waals surface area (Å²) in [5.74, 6) is 1.99. The van der Waals surface area contributed by atoms with Crippen LogP contribution in [0.15, 0.2) is 0 Å². The molecule has 3 rings (SSSR count). The number of likely N-dealkylation sites (tertiary alicyclic amines) is 2. The summed E-state index contributed by atoms with van der Waals surface area (Å²) < 4.78 is 0. The summed E-state index contributed by atoms with van der Waals surface area (Å²) in [6.45, 7) is 7.52. The lowest BCUT2D eigenvalue weighted by atomic mass is 9.94. The van der Waals surface area contributed by atoms with Crippen molar-refractivity contribution in [3.8, 4) is 0 Å². The highest BCUT2D eigenvalue weighted by Gasteiger charge is 2.40. The average molecular weight is 319 g/mol. The molecule has 2 amide bonds. The van der Waals surface area contributed by atoms with Crippen LogP contribution in [0.5, 0.6) is 0 Å². The highest BCUT2D eigenvalue weighted by atomic mass is 16.2. The topological polar surface area (TPSA) is 82.2 Å². The number of aromatic amines is 1. The minimum atomic E-state index is -0.0630. The molecule has 3 heterocycles. The molecule has 7 heteroatoms. The number of carbonyl (C=O) groups excluding carboxylic acids is 2. The molecule has 0 unspecified atom stereocenters. The Morgan fingerprint density at radius 2 is 2.00 bits per heavy atom. The van der Waals surface area contributed by atoms with Crippen LogP contribution in [0, 0.1) is 5.92 Å². The normalized spacial score (nSPS) is 22.3. The number of hydrogen-bond donors (Lipinski definition) is 1. The van der Waals surface area contributed by atoms with Crippen LogP contribution in [0.1, 0.15) is 63.6 Å². The molecule has 0 spiro atoms. The molecular weight excluding hydrogens is 294 g/mol. The van der Waals surface area contributed by atoms with Gasteiger partial charge in [-0.2, -0.15) is 5.10 Å². The molecule has 0 bridgehead atoms. The van der Waals surface area contributed by atoms with Crippen molar-refractivity contribution in [2.75, 3.05) is 19.6 Å². The third-order valence-electron chi connectivity index (χ3n) is 4.81. The molecule has 1 N–H and O–H groups in total. The lowest BCUT2D eigenvalue weighted by molar-refractivity contribution is -0.150. The maximum absolute atomic E-state index is 12.8. The van der Waals surface area contributed by atoms with Gasteiger partial charge in [0.1, 0.15) is 5.82 Å². The summed E-state index contributed by atoms with van der Waals surface area (Å²) in [7, 11) is 0. The molecule has 1 atom stereocenters. The smallest absolute Gasteiger partial charge is 0.229 e. The summed E-state index contributed by atoms with van der Waals surface area (Å²) in [6.07, 6.45) is 3.04. The molecule has 2 saturated heterocycles. The van der Waals surface area contributed by atoms with Crippen LogP contribution in [0.2, 0.25) is 0 Å². The Bertz CT molecular complexity index is 591. The fraction of sp³-hybridized carbons (Fsp3) is 0.750. The fourth-order valence-electron chi connectivity index (χ4n) is 3.30. The minimum absolute atomic E-state index is 0.0115. The third-order valence-corrected chi connectivity index (χ3v) is 4.81. The Balaban J connectivity index is 1.71. The van der Waals surface area contributed by atoms with E-state index in [9.17, 15) is 9.59 Å². The number of carbonyl (C=O) groups is 2. The van der Waals surface area contributed by atoms with Gasteiger partial charge in [0, 0.05) is 32.5 Å². The van der Waals surface area contributed by atoms with E-state index in [4.69, 9.17) is 0 Å². The van der Waals surface area contributed by atoms with Crippen LogP contribution in [-0.4, -0.2) is 56.4 Å². The predicted molar refractivity (Wildman–Crippen MR) is 84.5 cm³/mol. The second kappa shape index (κ2) is 6.29. The number of hydrogen-bond acceptors (Lipinski definition) is 4. The van der Waals surface area contributed by atoms with Crippen molar-refractivity contribution >= 4 is 11.8 Å². The number of amides is 2. The Hall–Kier alpha value is -1.92. The number of nitrogens with one attached hydrogen (secondary N) is 1. The largest absolute Gasteiger partial charge is 0.341 e. The summed E-state index contributed by atoms with van der Waals surface area (Å²) in [5.41, 5.74) is 0. The van der Waals surface area contributed by atoms with Gasteiger partial charge in [0.25, 0.3) is 0 Å². The maximum atomic E-state index is 12.8. The highest BCUT2D eigenvalue weighted by molar-refractivity contribution is 5.84. The highest BCUT2D eigenvalue weighted by Crippen LogP contribution is 2.32. The number of rotatable bonds is 3. The summed E-state index contributed by atoms with van der Waals surface area (Å²) in [6, 6.07) is -0.0115. The monoisotopic (exact) mass is 319 g/mol. The second-order valence-electron chi connectivity index (χ2n) is 6.90. The van der Waals surface area contributed by atoms with Crippen molar-refractivity contribution in [2.24, 2.45) is 5.92 Å². The van der Waals surface area contributed by atoms with Crippen molar-refractivity contribution in [3.63, 3.8) is 0 Å². The van der Waals surface area contributed by atoms with Gasteiger partial charge in [-0.05, 0) is 19.3 Å². The first-order chi connectivity index (χ1) is 11.0. The molecule has 1 aromatic heterocycles. The van der Waals surface area contributed by atoms with Crippen molar-refractivity contribution in [2.45, 2.75) is 52.0 Å². The van der Waals surface area contributed by atoms with Gasteiger partial charge in [0.05, 0.1) is 12.0 Å². The zero-order chi connectivity index (χ0) is 16.6. The van der Waals surface area contributed by atoms with E-state index in [0.717, 1.165) is 37.5 Å². The number of aromatic nitrogens is 3. The summed E-state index contributed by atoms with van der Waals surface area (Å²) >= 11 is 0. The molecule has 23 heavy (non-hydrogen) atoms. The molecule has 126 valence electrons. The van der Waals surface area contributed by atoms with E-state index in [0.29, 0.717) is 13.1 Å². The number of H-pyrrole nitrogens is 1. The molecule has 0 saturated carbocycles. The van der Waals surface area contributed by atoms with Crippen molar-refractivity contribution in [1.82, 2.24) is 25.0 Å². The van der Waals surface area contributed by atoms with Gasteiger partial charge >= 0.3 is 0 Å². The number of piperidine rings is 1. The fourth-order valence-corrected chi connectivity index (χ4v) is 3.30. The van der Waals surface area contributed by atoms with Crippen LogP contribution in [0.25, 0.3) is 0 Å². The Labute approximate surface area is 136 Å². The average Bonchev–Trinajstić information content (AvgIpc) is 2.95. The standard InChI is InChI=1S/C16H25N5O2/c1-10(2)14-17-15(19-18-14)13-6-4-5-7-21(13)16(23)12-8-20(9-12)11(3)22/h10,12-13H,4-9H2,1-3H3,(H,17,18,19)/t13-/m1/s1.